The van der Waals surface area contributed by atoms with Crippen LogP contribution in [0.15, 0.2) is 47.4 Å². The van der Waals surface area contributed by atoms with Gasteiger partial charge in [0, 0.05) is 23.2 Å². The van der Waals surface area contributed by atoms with Crippen LogP contribution >= 0.6 is 0 Å². The van der Waals surface area contributed by atoms with Crippen LogP contribution in [0.2, 0.25) is 0 Å². The molecule has 4 N–H and O–H groups in total. The van der Waals surface area contributed by atoms with Gasteiger partial charge in [-0.25, -0.2) is 13.6 Å². The highest BCUT2D eigenvalue weighted by Gasteiger charge is 2.18. The number of nitrogens with one attached hydrogen (secondary N) is 2. The van der Waals surface area contributed by atoms with Gasteiger partial charge in [0.1, 0.15) is 4.90 Å². The summed E-state index contributed by atoms with van der Waals surface area (Å²) in [4.78, 5) is 12.8. The lowest BCUT2D eigenvalue weighted by atomic mass is 9.97. The van der Waals surface area contributed by atoms with Crippen LogP contribution in [0.5, 0.6) is 0 Å². The van der Waals surface area contributed by atoms with Gasteiger partial charge in [-0.2, -0.15) is 0 Å². The standard InChI is InChI=1S/C23H29N3O3S/c1-5-6-15-25-20-16-17(13-14-23(2,3)4)11-12-18(20)22(27)26-19-9-7-8-10-21(19)30(24,28)29/h7-12,16,25H,5-6,15H2,1-4H3,(H,26,27)(H2,24,28,29). The topological polar surface area (TPSA) is 101 Å². The fourth-order valence-corrected chi connectivity index (χ4v) is 3.33. The Kier molecular flexibility index (Phi) is 7.65. The third kappa shape index (κ3) is 6.90. The van der Waals surface area contributed by atoms with E-state index in [1.54, 1.807) is 24.3 Å². The maximum atomic E-state index is 13.0. The van der Waals surface area contributed by atoms with Crippen molar-refractivity contribution in [3.05, 3.63) is 53.6 Å². The number of hydrogen-bond donors (Lipinski definition) is 3. The monoisotopic (exact) mass is 427 g/mol. The van der Waals surface area contributed by atoms with Crippen molar-refractivity contribution < 1.29 is 13.2 Å². The molecule has 2 rings (SSSR count). The average molecular weight is 428 g/mol. The minimum absolute atomic E-state index is 0.133. The van der Waals surface area contributed by atoms with E-state index in [0.29, 0.717) is 17.8 Å². The number of hydrogen-bond acceptors (Lipinski definition) is 4. The largest absolute Gasteiger partial charge is 0.384 e. The van der Waals surface area contributed by atoms with Gasteiger partial charge in [0.05, 0.1) is 11.3 Å². The zero-order valence-corrected chi connectivity index (χ0v) is 18.7. The van der Waals surface area contributed by atoms with Crippen LogP contribution in [0, 0.1) is 17.3 Å². The lowest BCUT2D eigenvalue weighted by Gasteiger charge is -2.14. The van der Waals surface area contributed by atoms with Crippen molar-refractivity contribution in [2.24, 2.45) is 10.6 Å². The van der Waals surface area contributed by atoms with Gasteiger partial charge < -0.3 is 10.6 Å². The predicted octanol–water partition coefficient (Wildman–Crippen LogP) is 4.20. The molecule has 6 nitrogen and oxygen atoms in total. The van der Waals surface area contributed by atoms with Crippen molar-refractivity contribution in [1.29, 1.82) is 0 Å². The lowest BCUT2D eigenvalue weighted by molar-refractivity contribution is 0.102. The van der Waals surface area contributed by atoms with Crippen molar-refractivity contribution in [1.82, 2.24) is 0 Å². The zero-order valence-electron chi connectivity index (χ0n) is 17.9. The highest BCUT2D eigenvalue weighted by Crippen LogP contribution is 2.23. The maximum absolute atomic E-state index is 13.0. The quantitative estimate of drug-likeness (QED) is 0.455. The molecule has 0 aromatic heterocycles. The Bertz CT molecular complexity index is 1070. The van der Waals surface area contributed by atoms with Crippen molar-refractivity contribution in [3.63, 3.8) is 0 Å². The number of carbonyl (C=O) groups is 1. The van der Waals surface area contributed by atoms with Crippen molar-refractivity contribution in [2.45, 2.75) is 45.4 Å². The van der Waals surface area contributed by atoms with Crippen LogP contribution in [0.3, 0.4) is 0 Å². The summed E-state index contributed by atoms with van der Waals surface area (Å²) in [6.07, 6.45) is 1.97. The molecule has 0 aliphatic heterocycles. The molecular weight excluding hydrogens is 398 g/mol. The molecule has 0 aliphatic rings. The highest BCUT2D eigenvalue weighted by atomic mass is 32.2. The molecular formula is C23H29N3O3S. The van der Waals surface area contributed by atoms with E-state index >= 15 is 0 Å². The number of sulfonamides is 1. The summed E-state index contributed by atoms with van der Waals surface area (Å²) in [6.45, 7) is 8.90. The van der Waals surface area contributed by atoms with E-state index in [4.69, 9.17) is 5.14 Å². The summed E-state index contributed by atoms with van der Waals surface area (Å²) in [7, 11) is -3.97. The van der Waals surface area contributed by atoms with E-state index in [2.05, 4.69) is 29.4 Å². The maximum Gasteiger partial charge on any atom is 0.257 e. The summed E-state index contributed by atoms with van der Waals surface area (Å²) < 4.78 is 23.6. The van der Waals surface area contributed by atoms with Gasteiger partial charge in [0.15, 0.2) is 0 Å². The van der Waals surface area contributed by atoms with Gasteiger partial charge in [-0.1, -0.05) is 37.3 Å². The Morgan fingerprint density at radius 1 is 1.10 bits per heavy atom. The predicted molar refractivity (Wildman–Crippen MR) is 122 cm³/mol. The molecule has 2 aromatic carbocycles. The number of nitrogens with two attached hydrogens (primary N) is 1. The van der Waals surface area contributed by atoms with Crippen molar-refractivity contribution in [3.8, 4) is 11.8 Å². The molecule has 0 bridgehead atoms. The molecule has 0 saturated heterocycles. The van der Waals surface area contributed by atoms with Crippen LogP contribution < -0.4 is 15.8 Å². The van der Waals surface area contributed by atoms with E-state index in [-0.39, 0.29) is 16.0 Å². The van der Waals surface area contributed by atoms with E-state index in [1.807, 2.05) is 26.8 Å². The minimum atomic E-state index is -3.97. The Balaban J connectivity index is 2.39. The number of anilines is 2. The van der Waals surface area contributed by atoms with E-state index in [0.717, 1.165) is 18.4 Å². The van der Waals surface area contributed by atoms with Gasteiger partial charge in [0.25, 0.3) is 5.91 Å². The third-order valence-electron chi connectivity index (χ3n) is 4.13. The van der Waals surface area contributed by atoms with Gasteiger partial charge in [-0.3, -0.25) is 4.79 Å². The number of carbonyl (C=O) groups excluding carboxylic acids is 1. The molecule has 160 valence electrons. The second-order valence-electron chi connectivity index (χ2n) is 8.04. The first kappa shape index (κ1) is 23.5. The summed E-state index contributed by atoms with van der Waals surface area (Å²) >= 11 is 0. The highest BCUT2D eigenvalue weighted by molar-refractivity contribution is 7.89. The van der Waals surface area contributed by atoms with Gasteiger partial charge >= 0.3 is 0 Å². The molecule has 0 heterocycles. The molecule has 7 heteroatoms. The Labute approximate surface area is 179 Å². The number of primary sulfonamides is 1. The summed E-state index contributed by atoms with van der Waals surface area (Å²) in [6, 6.07) is 11.4. The fourth-order valence-electron chi connectivity index (χ4n) is 2.63. The van der Waals surface area contributed by atoms with Crippen LogP contribution in [0.25, 0.3) is 0 Å². The molecule has 2 aromatic rings. The van der Waals surface area contributed by atoms with Crippen LogP contribution in [0.4, 0.5) is 11.4 Å². The Morgan fingerprint density at radius 3 is 2.43 bits per heavy atom. The number of unbranched alkanes of at least 4 members (excludes halogenated alkanes) is 1. The fraction of sp³-hybridized carbons (Fsp3) is 0.348. The minimum Gasteiger partial charge on any atom is -0.384 e. The molecule has 0 saturated carbocycles. The SMILES string of the molecule is CCCCNc1cc(C#CC(C)(C)C)ccc1C(=O)Nc1ccccc1S(N)(=O)=O. The molecule has 30 heavy (non-hydrogen) atoms. The van der Waals surface area contributed by atoms with Gasteiger partial charge in [-0.05, 0) is 57.5 Å². The summed E-state index contributed by atoms with van der Waals surface area (Å²) in [5.74, 6) is 5.90. The summed E-state index contributed by atoms with van der Waals surface area (Å²) in [5, 5.41) is 11.2. The van der Waals surface area contributed by atoms with Crippen LogP contribution in [0.1, 0.15) is 56.5 Å². The first-order valence-corrected chi connectivity index (χ1v) is 11.4. The van der Waals surface area contributed by atoms with Crippen LogP contribution in [-0.2, 0) is 10.0 Å². The first-order chi connectivity index (χ1) is 14.0. The normalized spacial score (nSPS) is 11.4. The van der Waals surface area contributed by atoms with Crippen molar-refractivity contribution in [2.75, 3.05) is 17.2 Å². The molecule has 0 atom stereocenters. The smallest absolute Gasteiger partial charge is 0.257 e. The molecule has 0 fully saturated rings. The second-order valence-corrected chi connectivity index (χ2v) is 9.57. The summed E-state index contributed by atoms with van der Waals surface area (Å²) in [5.41, 5.74) is 1.85. The molecule has 0 radical (unpaired) electrons. The number of benzene rings is 2. The number of para-hydroxylation sites is 1. The number of rotatable bonds is 7. The van der Waals surface area contributed by atoms with E-state index in [9.17, 15) is 13.2 Å². The number of amides is 1. The van der Waals surface area contributed by atoms with Gasteiger partial charge in [0.2, 0.25) is 10.0 Å². The molecule has 1 amide bonds. The van der Waals surface area contributed by atoms with E-state index in [1.165, 1.54) is 12.1 Å². The molecule has 0 aliphatic carbocycles. The first-order valence-electron chi connectivity index (χ1n) is 9.85. The van der Waals surface area contributed by atoms with Crippen molar-refractivity contribution >= 4 is 27.3 Å². The molecule has 0 spiro atoms. The zero-order chi connectivity index (χ0) is 22.4. The van der Waals surface area contributed by atoms with Crippen LogP contribution in [-0.4, -0.2) is 20.9 Å². The third-order valence-corrected chi connectivity index (χ3v) is 5.10. The Hall–Kier alpha value is -2.82. The van der Waals surface area contributed by atoms with E-state index < -0.39 is 15.9 Å². The Morgan fingerprint density at radius 2 is 1.80 bits per heavy atom. The second kappa shape index (κ2) is 9.79. The average Bonchev–Trinajstić information content (AvgIpc) is 2.65. The molecule has 0 unspecified atom stereocenters. The lowest BCUT2D eigenvalue weighted by Crippen LogP contribution is -2.19. The van der Waals surface area contributed by atoms with Gasteiger partial charge in [-0.15, -0.1) is 0 Å².